The quantitative estimate of drug-likeness (QED) is 0.834. The zero-order valence-electron chi connectivity index (χ0n) is 16.0. The molecule has 0 unspecified atom stereocenters. The molecule has 2 amide bonds. The minimum absolute atomic E-state index is 0.0123. The molecule has 2 fully saturated rings. The van der Waals surface area contributed by atoms with Crippen molar-refractivity contribution in [1.82, 2.24) is 15.5 Å². The molecule has 1 spiro atoms. The van der Waals surface area contributed by atoms with E-state index in [9.17, 15) is 9.18 Å². The monoisotopic (exact) mass is 379 g/mol. The molecule has 3 aliphatic rings. The first-order valence-corrected chi connectivity index (χ1v) is 10.3. The highest BCUT2D eigenvalue weighted by molar-refractivity contribution is 5.76. The molecule has 2 N–H and O–H groups in total. The summed E-state index contributed by atoms with van der Waals surface area (Å²) in [5.74, 6) is -0.257. The highest BCUT2D eigenvalue weighted by Gasteiger charge is 2.47. The summed E-state index contributed by atoms with van der Waals surface area (Å²) in [7, 11) is 0. The normalized spacial score (nSPS) is 28.7. The van der Waals surface area contributed by atoms with Gasteiger partial charge in [0.1, 0.15) is 5.82 Å². The lowest BCUT2D eigenvalue weighted by Crippen LogP contribution is -2.61. The Morgan fingerprint density at radius 3 is 2.68 bits per heavy atom. The van der Waals surface area contributed by atoms with Crippen molar-refractivity contribution in [1.29, 1.82) is 0 Å². The van der Waals surface area contributed by atoms with Crippen molar-refractivity contribution in [3.8, 4) is 0 Å². The molecule has 2 aromatic carbocycles. The maximum atomic E-state index is 13.5. The van der Waals surface area contributed by atoms with Crippen LogP contribution >= 0.6 is 0 Å². The lowest BCUT2D eigenvalue weighted by Gasteiger charge is -2.47. The van der Waals surface area contributed by atoms with Gasteiger partial charge in [-0.05, 0) is 67.5 Å². The van der Waals surface area contributed by atoms with Crippen LogP contribution in [0.5, 0.6) is 0 Å². The van der Waals surface area contributed by atoms with Crippen LogP contribution in [0.1, 0.15) is 48.4 Å². The lowest BCUT2D eigenvalue weighted by molar-refractivity contribution is 0.132. The van der Waals surface area contributed by atoms with Crippen molar-refractivity contribution in [3.63, 3.8) is 0 Å². The van der Waals surface area contributed by atoms with E-state index < -0.39 is 0 Å². The third-order valence-corrected chi connectivity index (χ3v) is 6.66. The highest BCUT2D eigenvalue weighted by atomic mass is 19.1. The number of nitrogens with zero attached hydrogens (tertiary/aromatic N) is 1. The van der Waals surface area contributed by atoms with Crippen LogP contribution in [-0.4, -0.2) is 35.6 Å². The molecule has 146 valence electrons. The fourth-order valence-electron chi connectivity index (χ4n) is 5.25. The number of benzene rings is 2. The number of fused-ring (bicyclic) bond motifs is 1. The molecule has 0 aromatic heterocycles. The minimum atomic E-state index is -0.257. The Hall–Kier alpha value is -2.40. The van der Waals surface area contributed by atoms with Gasteiger partial charge in [-0.25, -0.2) is 9.18 Å². The molecule has 28 heavy (non-hydrogen) atoms. The van der Waals surface area contributed by atoms with Gasteiger partial charge in [0, 0.05) is 18.1 Å². The van der Waals surface area contributed by atoms with E-state index in [0.717, 1.165) is 36.9 Å². The molecule has 1 saturated carbocycles. The lowest BCUT2D eigenvalue weighted by atomic mass is 9.72. The topological polar surface area (TPSA) is 44.4 Å². The van der Waals surface area contributed by atoms with Crippen LogP contribution < -0.4 is 10.6 Å². The van der Waals surface area contributed by atoms with Gasteiger partial charge >= 0.3 is 6.03 Å². The van der Waals surface area contributed by atoms with Gasteiger partial charge in [0.05, 0.1) is 6.04 Å². The summed E-state index contributed by atoms with van der Waals surface area (Å²) in [4.78, 5) is 15.1. The first-order valence-electron chi connectivity index (χ1n) is 10.3. The van der Waals surface area contributed by atoms with Crippen molar-refractivity contribution >= 4 is 6.03 Å². The van der Waals surface area contributed by atoms with Crippen LogP contribution in [0.15, 0.2) is 48.5 Å². The van der Waals surface area contributed by atoms with Crippen molar-refractivity contribution in [2.24, 2.45) is 0 Å². The van der Waals surface area contributed by atoms with E-state index in [1.807, 2.05) is 17.0 Å². The SMILES string of the molecule is O=C(NC1CC2(CCCN2)C1)N1CCc2ccccc2[C@@H]1c1ccc(F)cc1. The molecule has 1 aliphatic carbocycles. The molecule has 0 radical (unpaired) electrons. The highest BCUT2D eigenvalue weighted by Crippen LogP contribution is 2.40. The molecular formula is C23H26FN3O. The van der Waals surface area contributed by atoms with Crippen molar-refractivity contribution in [3.05, 3.63) is 71.0 Å². The fourth-order valence-corrected chi connectivity index (χ4v) is 5.25. The number of nitrogens with one attached hydrogen (secondary N) is 2. The summed E-state index contributed by atoms with van der Waals surface area (Å²) in [6, 6.07) is 14.9. The summed E-state index contributed by atoms with van der Waals surface area (Å²) < 4.78 is 13.5. The molecule has 2 aromatic rings. The van der Waals surface area contributed by atoms with E-state index in [0.29, 0.717) is 6.54 Å². The molecule has 2 heterocycles. The Kier molecular flexibility index (Phi) is 4.35. The largest absolute Gasteiger partial charge is 0.335 e. The van der Waals surface area contributed by atoms with E-state index >= 15 is 0 Å². The Balaban J connectivity index is 1.38. The molecule has 4 nitrogen and oxygen atoms in total. The third kappa shape index (κ3) is 3.08. The second-order valence-electron chi connectivity index (χ2n) is 8.46. The minimum Gasteiger partial charge on any atom is -0.335 e. The average molecular weight is 379 g/mol. The van der Waals surface area contributed by atoms with Gasteiger partial charge in [-0.1, -0.05) is 36.4 Å². The number of carbonyl (C=O) groups excluding carboxylic acids is 1. The number of rotatable bonds is 2. The molecule has 1 atom stereocenters. The number of hydrogen-bond donors (Lipinski definition) is 2. The van der Waals surface area contributed by atoms with Crippen LogP contribution in [0.2, 0.25) is 0 Å². The molecule has 0 bridgehead atoms. The van der Waals surface area contributed by atoms with E-state index in [4.69, 9.17) is 0 Å². The summed E-state index contributed by atoms with van der Waals surface area (Å²) in [5.41, 5.74) is 3.62. The van der Waals surface area contributed by atoms with Crippen LogP contribution in [0.3, 0.4) is 0 Å². The van der Waals surface area contributed by atoms with Crippen molar-refractivity contribution in [2.45, 2.75) is 49.7 Å². The zero-order chi connectivity index (χ0) is 19.1. The van der Waals surface area contributed by atoms with Gasteiger partial charge in [0.2, 0.25) is 0 Å². The first kappa shape index (κ1) is 17.7. The molecular weight excluding hydrogens is 353 g/mol. The number of amides is 2. The third-order valence-electron chi connectivity index (χ3n) is 6.66. The second kappa shape index (κ2) is 6.89. The maximum Gasteiger partial charge on any atom is 0.318 e. The Morgan fingerprint density at radius 1 is 1.14 bits per heavy atom. The number of halogens is 1. The maximum absolute atomic E-state index is 13.5. The molecule has 2 aliphatic heterocycles. The Morgan fingerprint density at radius 2 is 1.93 bits per heavy atom. The first-order chi connectivity index (χ1) is 13.6. The molecule has 1 saturated heterocycles. The number of hydrogen-bond acceptors (Lipinski definition) is 2. The predicted molar refractivity (Wildman–Crippen MR) is 107 cm³/mol. The molecule has 5 rings (SSSR count). The van der Waals surface area contributed by atoms with Crippen LogP contribution in [-0.2, 0) is 6.42 Å². The van der Waals surface area contributed by atoms with E-state index in [1.54, 1.807) is 12.1 Å². The van der Waals surface area contributed by atoms with Crippen molar-refractivity contribution in [2.75, 3.05) is 13.1 Å². The fraction of sp³-hybridized carbons (Fsp3) is 0.435. The smallest absolute Gasteiger partial charge is 0.318 e. The van der Waals surface area contributed by atoms with Gasteiger partial charge in [-0.2, -0.15) is 0 Å². The number of urea groups is 1. The van der Waals surface area contributed by atoms with Gasteiger partial charge in [-0.3, -0.25) is 0 Å². The molecule has 5 heteroatoms. The summed E-state index contributed by atoms with van der Waals surface area (Å²) >= 11 is 0. The second-order valence-corrected chi connectivity index (χ2v) is 8.46. The van der Waals surface area contributed by atoms with E-state index in [1.165, 1.54) is 30.5 Å². The van der Waals surface area contributed by atoms with E-state index in [2.05, 4.69) is 22.8 Å². The summed E-state index contributed by atoms with van der Waals surface area (Å²) in [6.07, 6.45) is 5.33. The predicted octanol–water partition coefficient (Wildman–Crippen LogP) is 3.77. The summed E-state index contributed by atoms with van der Waals surface area (Å²) in [6.45, 7) is 1.76. The van der Waals surface area contributed by atoms with Gasteiger partial charge < -0.3 is 15.5 Å². The standard InChI is InChI=1S/C23H26FN3O/c24-18-8-6-17(7-9-18)21-20-5-2-1-4-16(20)10-13-27(21)22(28)26-19-14-23(15-19)11-3-12-25-23/h1-2,4-9,19,21,25H,3,10-15H2,(H,26,28)/t19?,21-,23?/m0/s1. The zero-order valence-corrected chi connectivity index (χ0v) is 16.0. The Labute approximate surface area is 165 Å². The summed E-state index contributed by atoms with van der Waals surface area (Å²) in [5, 5.41) is 6.86. The van der Waals surface area contributed by atoms with Gasteiger partial charge in [0.25, 0.3) is 0 Å². The van der Waals surface area contributed by atoms with Crippen molar-refractivity contribution < 1.29 is 9.18 Å². The average Bonchev–Trinajstić information content (AvgIpc) is 3.17. The number of carbonyl (C=O) groups is 1. The van der Waals surface area contributed by atoms with Gasteiger partial charge in [0.15, 0.2) is 0 Å². The van der Waals surface area contributed by atoms with Gasteiger partial charge in [-0.15, -0.1) is 0 Å². The Bertz CT molecular complexity index is 868. The van der Waals surface area contributed by atoms with E-state index in [-0.39, 0.29) is 29.5 Å². The van der Waals surface area contributed by atoms with Crippen LogP contribution in [0.4, 0.5) is 9.18 Å². The van der Waals surface area contributed by atoms with Crippen LogP contribution in [0.25, 0.3) is 0 Å². The van der Waals surface area contributed by atoms with Crippen LogP contribution in [0, 0.1) is 5.82 Å².